The molecule has 1 aromatic carbocycles. The molecule has 0 radical (unpaired) electrons. The number of rotatable bonds is 6. The zero-order valence-electron chi connectivity index (χ0n) is 17.3. The lowest BCUT2D eigenvalue weighted by atomic mass is 9.82. The molecule has 4 aromatic rings. The molecule has 160 valence electrons. The lowest BCUT2D eigenvalue weighted by molar-refractivity contribution is -0.118. The van der Waals surface area contributed by atoms with Gasteiger partial charge in [0.2, 0.25) is 11.7 Å². The topological polar surface area (TPSA) is 89.4 Å². The summed E-state index contributed by atoms with van der Waals surface area (Å²) in [4.78, 5) is 28.8. The molecule has 1 aliphatic rings. The van der Waals surface area contributed by atoms with Gasteiger partial charge < -0.3 is 10.6 Å². The van der Waals surface area contributed by atoms with Crippen molar-refractivity contribution in [3.05, 3.63) is 47.9 Å². The van der Waals surface area contributed by atoms with E-state index in [4.69, 9.17) is 10.7 Å². The van der Waals surface area contributed by atoms with Gasteiger partial charge in [-0.15, -0.1) is 11.3 Å². The Bertz CT molecular complexity index is 1230. The first-order valence-corrected chi connectivity index (χ1v) is 12.0. The van der Waals surface area contributed by atoms with E-state index in [1.165, 1.54) is 0 Å². The van der Waals surface area contributed by atoms with Crippen molar-refractivity contribution < 1.29 is 4.79 Å². The maximum atomic E-state index is 11.8. The molecule has 0 bridgehead atoms. The van der Waals surface area contributed by atoms with Gasteiger partial charge in [-0.1, -0.05) is 11.8 Å². The molecular weight excluding hydrogens is 428 g/mol. The first-order valence-electron chi connectivity index (χ1n) is 10.4. The van der Waals surface area contributed by atoms with Crippen molar-refractivity contribution in [1.82, 2.24) is 24.3 Å². The minimum absolute atomic E-state index is 0.101. The molecule has 2 N–H and O–H groups in total. The molecule has 7 nitrogen and oxygen atoms in total. The molecule has 4 heterocycles. The van der Waals surface area contributed by atoms with Crippen LogP contribution in [-0.2, 0) is 4.79 Å². The first-order chi connectivity index (χ1) is 15.1. The van der Waals surface area contributed by atoms with Gasteiger partial charge in [0.25, 0.3) is 0 Å². The number of carbonyl (C=O) groups is 1. The van der Waals surface area contributed by atoms with Crippen LogP contribution >= 0.6 is 23.1 Å². The van der Waals surface area contributed by atoms with Crippen LogP contribution in [0.2, 0.25) is 0 Å². The number of aromatic nitrogens is 4. The highest BCUT2D eigenvalue weighted by molar-refractivity contribution is 7.99. The Morgan fingerprint density at radius 3 is 2.97 bits per heavy atom. The van der Waals surface area contributed by atoms with E-state index in [0.717, 1.165) is 51.1 Å². The van der Waals surface area contributed by atoms with Crippen LogP contribution in [0.4, 0.5) is 0 Å². The van der Waals surface area contributed by atoms with E-state index in [2.05, 4.69) is 40.1 Å². The minimum atomic E-state index is -0.249. The third kappa shape index (κ3) is 4.30. The smallest absolute Gasteiger partial charge is 0.234 e. The normalized spacial score (nSPS) is 16.8. The van der Waals surface area contributed by atoms with Crippen LogP contribution in [0.3, 0.4) is 0 Å². The molecule has 0 spiro atoms. The van der Waals surface area contributed by atoms with E-state index >= 15 is 0 Å². The molecule has 1 atom stereocenters. The van der Waals surface area contributed by atoms with Crippen molar-refractivity contribution in [2.75, 3.05) is 20.1 Å². The molecule has 1 aliphatic heterocycles. The molecule has 31 heavy (non-hydrogen) atoms. The number of nitrogens with two attached hydrogens (primary N) is 1. The van der Waals surface area contributed by atoms with Crippen molar-refractivity contribution in [3.63, 3.8) is 0 Å². The number of likely N-dealkylation sites (tertiary alicyclic amines) is 1. The second kappa shape index (κ2) is 8.57. The van der Waals surface area contributed by atoms with E-state index in [1.807, 2.05) is 22.9 Å². The summed E-state index contributed by atoms with van der Waals surface area (Å²) in [5.74, 6) is 0.993. The van der Waals surface area contributed by atoms with Crippen molar-refractivity contribution in [3.8, 4) is 0 Å². The number of piperidine rings is 1. The van der Waals surface area contributed by atoms with Crippen LogP contribution in [0, 0.1) is 5.92 Å². The fourth-order valence-corrected chi connectivity index (χ4v) is 6.43. The van der Waals surface area contributed by atoms with Crippen molar-refractivity contribution in [2.45, 2.75) is 35.1 Å². The summed E-state index contributed by atoms with van der Waals surface area (Å²) in [6.45, 7) is 2.11. The quantitative estimate of drug-likeness (QED) is 0.479. The number of hydrogen-bond donors (Lipinski definition) is 1. The number of hydrogen-bond acceptors (Lipinski definition) is 7. The monoisotopic (exact) mass is 452 g/mol. The predicted molar refractivity (Wildman–Crippen MR) is 124 cm³/mol. The number of amides is 1. The highest BCUT2D eigenvalue weighted by Crippen LogP contribution is 2.40. The molecule has 1 fully saturated rings. The van der Waals surface area contributed by atoms with E-state index < -0.39 is 0 Å². The summed E-state index contributed by atoms with van der Waals surface area (Å²) in [5, 5.41) is 2.05. The number of thiazole rings is 1. The second-order valence-corrected chi connectivity index (χ2v) is 10.2. The summed E-state index contributed by atoms with van der Waals surface area (Å²) in [6, 6.07) is 8.23. The highest BCUT2D eigenvalue weighted by atomic mass is 32.2. The SMILES string of the molecule is CN1CCC(C(CC(N)=O)c2nc3ccc(Sc4cnc5ncccn45)cc3s2)CC1. The van der Waals surface area contributed by atoms with E-state index in [9.17, 15) is 4.79 Å². The van der Waals surface area contributed by atoms with Gasteiger partial charge in [0.05, 0.1) is 21.4 Å². The van der Waals surface area contributed by atoms with Crippen molar-refractivity contribution in [1.29, 1.82) is 0 Å². The standard InChI is InChI=1S/C22H24N6OS2/c1-27-9-5-14(6-10-27)16(12-19(23)29)21-26-17-4-3-15(11-18(17)31-21)30-20-13-25-22-24-7-2-8-28(20)22/h2-4,7-8,11,13-14,16H,5-6,9-10,12H2,1H3,(H2,23,29). The number of carbonyl (C=O) groups excluding carboxylic acids is 1. The molecule has 9 heteroatoms. The van der Waals surface area contributed by atoms with Crippen LogP contribution < -0.4 is 5.73 Å². The number of primary amides is 1. The fourth-order valence-electron chi connectivity index (χ4n) is 4.25. The average Bonchev–Trinajstić information content (AvgIpc) is 3.37. The molecule has 0 saturated carbocycles. The van der Waals surface area contributed by atoms with Gasteiger partial charge in [0.15, 0.2) is 0 Å². The highest BCUT2D eigenvalue weighted by Gasteiger charge is 2.30. The molecule has 1 unspecified atom stereocenters. The van der Waals surface area contributed by atoms with Crippen LogP contribution in [0.1, 0.15) is 30.2 Å². The molecule has 0 aliphatic carbocycles. The van der Waals surface area contributed by atoms with Gasteiger partial charge in [-0.2, -0.15) is 0 Å². The Labute approximate surface area is 188 Å². The number of benzene rings is 1. The zero-order chi connectivity index (χ0) is 21.4. The van der Waals surface area contributed by atoms with Crippen LogP contribution in [0.15, 0.2) is 52.8 Å². The van der Waals surface area contributed by atoms with Crippen LogP contribution in [0.25, 0.3) is 16.0 Å². The van der Waals surface area contributed by atoms with Crippen LogP contribution in [0.5, 0.6) is 0 Å². The molecular formula is C22H24N6OS2. The predicted octanol–water partition coefficient (Wildman–Crippen LogP) is 3.79. The average molecular weight is 453 g/mol. The number of imidazole rings is 1. The van der Waals surface area contributed by atoms with Gasteiger partial charge in [-0.25, -0.2) is 15.0 Å². The molecule has 5 rings (SSSR count). The van der Waals surface area contributed by atoms with Gasteiger partial charge in [-0.3, -0.25) is 9.20 Å². The van der Waals surface area contributed by atoms with Crippen LogP contribution in [-0.4, -0.2) is 50.3 Å². The van der Waals surface area contributed by atoms with E-state index in [0.29, 0.717) is 18.1 Å². The third-order valence-electron chi connectivity index (χ3n) is 5.92. The minimum Gasteiger partial charge on any atom is -0.370 e. The first kappa shape index (κ1) is 20.4. The van der Waals surface area contributed by atoms with Crippen molar-refractivity contribution >= 4 is 45.0 Å². The lowest BCUT2D eigenvalue weighted by Gasteiger charge is -2.33. The Balaban J connectivity index is 1.43. The fraction of sp³-hybridized carbons (Fsp3) is 0.364. The zero-order valence-corrected chi connectivity index (χ0v) is 18.9. The Hall–Kier alpha value is -2.49. The summed E-state index contributed by atoms with van der Waals surface area (Å²) >= 11 is 3.35. The number of nitrogens with zero attached hydrogens (tertiary/aromatic N) is 5. The molecule has 1 saturated heterocycles. The second-order valence-electron chi connectivity index (χ2n) is 8.09. The summed E-state index contributed by atoms with van der Waals surface area (Å²) in [5.41, 5.74) is 6.59. The Morgan fingerprint density at radius 1 is 1.32 bits per heavy atom. The van der Waals surface area contributed by atoms with E-state index in [1.54, 1.807) is 29.3 Å². The Morgan fingerprint density at radius 2 is 2.16 bits per heavy atom. The number of fused-ring (bicyclic) bond motifs is 2. The summed E-state index contributed by atoms with van der Waals surface area (Å²) < 4.78 is 3.12. The maximum Gasteiger partial charge on any atom is 0.234 e. The lowest BCUT2D eigenvalue weighted by Crippen LogP contribution is -2.33. The third-order valence-corrected chi connectivity index (χ3v) is 8.07. The van der Waals surface area contributed by atoms with Gasteiger partial charge in [0, 0.05) is 29.6 Å². The van der Waals surface area contributed by atoms with Gasteiger partial charge in [0.1, 0.15) is 5.03 Å². The van der Waals surface area contributed by atoms with Gasteiger partial charge in [-0.05, 0) is 63.2 Å². The van der Waals surface area contributed by atoms with Gasteiger partial charge >= 0.3 is 0 Å². The summed E-state index contributed by atoms with van der Waals surface area (Å²) in [7, 11) is 2.15. The molecule has 1 amide bonds. The maximum absolute atomic E-state index is 11.8. The van der Waals surface area contributed by atoms with Crippen molar-refractivity contribution in [2.24, 2.45) is 11.7 Å². The van der Waals surface area contributed by atoms with E-state index in [-0.39, 0.29) is 11.8 Å². The molecule has 3 aromatic heterocycles. The largest absolute Gasteiger partial charge is 0.370 e. The summed E-state index contributed by atoms with van der Waals surface area (Å²) in [6.07, 6.45) is 8.08. The Kier molecular flexibility index (Phi) is 5.64.